The monoisotopic (exact) mass is 245 g/mol. The normalized spacial score (nSPS) is 12.0. The van der Waals surface area contributed by atoms with E-state index in [0.29, 0.717) is 6.54 Å². The molecule has 1 atom stereocenters. The molecule has 17 heavy (non-hydrogen) atoms. The fourth-order valence-electron chi connectivity index (χ4n) is 0.877. The van der Waals surface area contributed by atoms with Gasteiger partial charge in [0.2, 0.25) is 5.91 Å². The lowest BCUT2D eigenvalue weighted by Gasteiger charge is -2.19. The minimum Gasteiger partial charge on any atom is -0.481 e. The maximum atomic E-state index is 11.2. The molecule has 0 aromatic carbocycles. The number of hydrogen-bond donors (Lipinski definition) is 3. The van der Waals surface area contributed by atoms with Gasteiger partial charge in [0.25, 0.3) is 0 Å². The maximum Gasteiger partial charge on any atom is 0.321 e. The van der Waals surface area contributed by atoms with E-state index in [2.05, 4.69) is 10.6 Å². The summed E-state index contributed by atoms with van der Waals surface area (Å²) < 4.78 is 0. The number of urea groups is 1. The Morgan fingerprint density at radius 1 is 1.24 bits per heavy atom. The number of nitrogens with zero attached hydrogens (tertiary/aromatic N) is 1. The zero-order valence-corrected chi connectivity index (χ0v) is 10.3. The predicted molar refractivity (Wildman–Crippen MR) is 61.6 cm³/mol. The molecule has 0 aromatic heterocycles. The Hall–Kier alpha value is -1.63. The molecule has 0 bridgehead atoms. The lowest BCUT2D eigenvalue weighted by Crippen LogP contribution is -2.44. The van der Waals surface area contributed by atoms with Gasteiger partial charge in [-0.3, -0.25) is 14.9 Å². The Bertz CT molecular complexity index is 291. The van der Waals surface area contributed by atoms with Crippen molar-refractivity contribution in [3.05, 3.63) is 0 Å². The van der Waals surface area contributed by atoms with Crippen LogP contribution in [0.1, 0.15) is 19.8 Å². The summed E-state index contributed by atoms with van der Waals surface area (Å²) in [5, 5.41) is 12.9. The molecule has 7 heteroatoms. The Morgan fingerprint density at radius 2 is 1.82 bits per heavy atom. The molecule has 0 rings (SSSR count). The summed E-state index contributed by atoms with van der Waals surface area (Å²) in [6, 6.07) is -0.455. The SMILES string of the molecule is CC(CNC(=O)NC(=O)CCC(=O)O)N(C)C. The molecule has 0 aliphatic carbocycles. The van der Waals surface area contributed by atoms with Crippen LogP contribution in [0.3, 0.4) is 0 Å². The number of rotatable bonds is 6. The molecule has 0 saturated carbocycles. The van der Waals surface area contributed by atoms with Gasteiger partial charge in [-0.1, -0.05) is 0 Å². The third-order valence-electron chi connectivity index (χ3n) is 2.26. The molecule has 0 aliphatic rings. The molecule has 98 valence electrons. The summed E-state index contributed by atoms with van der Waals surface area (Å²) in [7, 11) is 3.75. The topological polar surface area (TPSA) is 98.7 Å². The van der Waals surface area contributed by atoms with Crippen molar-refractivity contribution in [2.45, 2.75) is 25.8 Å². The van der Waals surface area contributed by atoms with Crippen LogP contribution in [0, 0.1) is 0 Å². The summed E-state index contributed by atoms with van der Waals surface area (Å²) in [4.78, 5) is 34.4. The van der Waals surface area contributed by atoms with Gasteiger partial charge < -0.3 is 15.3 Å². The molecule has 3 amide bonds. The van der Waals surface area contributed by atoms with Crippen molar-refractivity contribution in [2.24, 2.45) is 0 Å². The fraction of sp³-hybridized carbons (Fsp3) is 0.700. The molecular weight excluding hydrogens is 226 g/mol. The van der Waals surface area contributed by atoms with E-state index in [0.717, 1.165) is 0 Å². The smallest absolute Gasteiger partial charge is 0.321 e. The summed E-state index contributed by atoms with van der Waals surface area (Å²) in [5.41, 5.74) is 0. The van der Waals surface area contributed by atoms with Crippen molar-refractivity contribution in [1.29, 1.82) is 0 Å². The summed E-state index contributed by atoms with van der Waals surface area (Å²) >= 11 is 0. The van der Waals surface area contributed by atoms with Gasteiger partial charge in [0.05, 0.1) is 6.42 Å². The van der Waals surface area contributed by atoms with Crippen molar-refractivity contribution < 1.29 is 19.5 Å². The van der Waals surface area contributed by atoms with E-state index in [1.165, 1.54) is 0 Å². The Balaban J connectivity index is 3.78. The van der Waals surface area contributed by atoms with Gasteiger partial charge in [0.1, 0.15) is 0 Å². The van der Waals surface area contributed by atoms with Crippen LogP contribution in [-0.2, 0) is 9.59 Å². The van der Waals surface area contributed by atoms with E-state index in [-0.39, 0.29) is 18.9 Å². The van der Waals surface area contributed by atoms with Gasteiger partial charge in [-0.15, -0.1) is 0 Å². The molecule has 0 radical (unpaired) electrons. The van der Waals surface area contributed by atoms with E-state index in [1.807, 2.05) is 25.9 Å². The number of carboxylic acids is 1. The van der Waals surface area contributed by atoms with Gasteiger partial charge >= 0.3 is 12.0 Å². The Labute approximate surface area is 100 Å². The highest BCUT2D eigenvalue weighted by Crippen LogP contribution is 1.90. The van der Waals surface area contributed by atoms with Gasteiger partial charge in [0.15, 0.2) is 0 Å². The van der Waals surface area contributed by atoms with E-state index in [9.17, 15) is 14.4 Å². The lowest BCUT2D eigenvalue weighted by atomic mass is 10.3. The van der Waals surface area contributed by atoms with E-state index >= 15 is 0 Å². The van der Waals surface area contributed by atoms with Crippen LogP contribution in [0.25, 0.3) is 0 Å². The van der Waals surface area contributed by atoms with Crippen LogP contribution in [0.4, 0.5) is 4.79 Å². The van der Waals surface area contributed by atoms with Crippen LogP contribution < -0.4 is 10.6 Å². The van der Waals surface area contributed by atoms with Crippen LogP contribution in [-0.4, -0.2) is 54.6 Å². The first-order chi connectivity index (χ1) is 7.82. The number of hydrogen-bond acceptors (Lipinski definition) is 4. The molecule has 0 aromatic rings. The van der Waals surface area contributed by atoms with E-state index < -0.39 is 17.9 Å². The number of imide groups is 1. The van der Waals surface area contributed by atoms with Crippen molar-refractivity contribution in [1.82, 2.24) is 15.5 Å². The second-order valence-corrected chi connectivity index (χ2v) is 3.96. The van der Waals surface area contributed by atoms with Crippen molar-refractivity contribution in [3.63, 3.8) is 0 Å². The first-order valence-corrected chi connectivity index (χ1v) is 5.28. The quantitative estimate of drug-likeness (QED) is 0.593. The number of carboxylic acid groups (broad SMARTS) is 1. The zero-order valence-electron chi connectivity index (χ0n) is 10.3. The van der Waals surface area contributed by atoms with Crippen LogP contribution in [0.15, 0.2) is 0 Å². The van der Waals surface area contributed by atoms with Crippen molar-refractivity contribution in [2.75, 3.05) is 20.6 Å². The third-order valence-corrected chi connectivity index (χ3v) is 2.26. The average molecular weight is 245 g/mol. The van der Waals surface area contributed by atoms with Gasteiger partial charge in [-0.05, 0) is 21.0 Å². The molecule has 7 nitrogen and oxygen atoms in total. The average Bonchev–Trinajstić information content (AvgIpc) is 2.22. The minimum atomic E-state index is -1.07. The molecule has 3 N–H and O–H groups in total. The van der Waals surface area contributed by atoms with Crippen LogP contribution in [0.2, 0.25) is 0 Å². The number of carbonyl (C=O) groups is 3. The molecule has 0 spiro atoms. The zero-order chi connectivity index (χ0) is 13.4. The summed E-state index contributed by atoms with van der Waals surface area (Å²) in [5.74, 6) is -1.66. The van der Waals surface area contributed by atoms with Crippen LogP contribution in [0.5, 0.6) is 0 Å². The third kappa shape index (κ3) is 8.21. The first kappa shape index (κ1) is 15.4. The Morgan fingerprint density at radius 3 is 2.29 bits per heavy atom. The number of aliphatic carboxylic acids is 1. The molecular formula is C10H19N3O4. The fourth-order valence-corrected chi connectivity index (χ4v) is 0.877. The van der Waals surface area contributed by atoms with E-state index in [4.69, 9.17) is 5.11 Å². The lowest BCUT2D eigenvalue weighted by molar-refractivity contribution is -0.138. The number of likely N-dealkylation sites (N-methyl/N-ethyl adjacent to an activating group) is 1. The highest BCUT2D eigenvalue weighted by molar-refractivity contribution is 5.95. The molecule has 0 saturated heterocycles. The Kier molecular flexibility index (Phi) is 6.88. The summed E-state index contributed by atoms with van der Waals surface area (Å²) in [6.07, 6.45) is -0.487. The number of nitrogens with one attached hydrogen (secondary N) is 2. The van der Waals surface area contributed by atoms with Crippen molar-refractivity contribution in [3.8, 4) is 0 Å². The second kappa shape index (κ2) is 7.61. The standard InChI is InChI=1S/C10H19N3O4/c1-7(13(2)3)6-11-10(17)12-8(14)4-5-9(15)16/h7H,4-6H2,1-3H3,(H,15,16)(H2,11,12,14,17). The first-order valence-electron chi connectivity index (χ1n) is 5.28. The minimum absolute atomic E-state index is 0.148. The number of amides is 3. The summed E-state index contributed by atoms with van der Waals surface area (Å²) in [6.45, 7) is 2.33. The molecule has 1 unspecified atom stereocenters. The van der Waals surface area contributed by atoms with Crippen molar-refractivity contribution >= 4 is 17.9 Å². The molecule has 0 fully saturated rings. The van der Waals surface area contributed by atoms with Gasteiger partial charge in [-0.2, -0.15) is 0 Å². The molecule has 0 aliphatic heterocycles. The predicted octanol–water partition coefficient (Wildman–Crippen LogP) is -0.373. The van der Waals surface area contributed by atoms with Gasteiger partial charge in [0, 0.05) is 19.0 Å². The number of carbonyl (C=O) groups excluding carboxylic acids is 2. The van der Waals surface area contributed by atoms with Crippen LogP contribution >= 0.6 is 0 Å². The largest absolute Gasteiger partial charge is 0.481 e. The maximum absolute atomic E-state index is 11.2. The highest BCUT2D eigenvalue weighted by Gasteiger charge is 2.11. The second-order valence-electron chi connectivity index (χ2n) is 3.96. The van der Waals surface area contributed by atoms with E-state index in [1.54, 1.807) is 0 Å². The highest BCUT2D eigenvalue weighted by atomic mass is 16.4. The molecule has 0 heterocycles. The van der Waals surface area contributed by atoms with Gasteiger partial charge in [-0.25, -0.2) is 4.79 Å².